The summed E-state index contributed by atoms with van der Waals surface area (Å²) in [6.07, 6.45) is 3.65. The summed E-state index contributed by atoms with van der Waals surface area (Å²) in [5.74, 6) is 7.57. The van der Waals surface area contributed by atoms with Crippen LogP contribution in [0.5, 0.6) is 0 Å². The number of hydrogen-bond acceptors (Lipinski definition) is 7. The molecule has 0 radical (unpaired) electrons. The van der Waals surface area contributed by atoms with Gasteiger partial charge in [0.05, 0.1) is 6.54 Å². The van der Waals surface area contributed by atoms with E-state index < -0.39 is 0 Å². The molecule has 2 rings (SSSR count). The van der Waals surface area contributed by atoms with Gasteiger partial charge in [-0.2, -0.15) is 9.97 Å². The van der Waals surface area contributed by atoms with Crippen LogP contribution in [0.4, 0.5) is 17.6 Å². The third-order valence-electron chi connectivity index (χ3n) is 2.57. The van der Waals surface area contributed by atoms with Gasteiger partial charge >= 0.3 is 0 Å². The fourth-order valence-electron chi connectivity index (χ4n) is 1.56. The highest BCUT2D eigenvalue weighted by atomic mass is 15.3. The van der Waals surface area contributed by atoms with Gasteiger partial charge < -0.3 is 20.6 Å². The molecule has 0 amide bonds. The fraction of sp³-hybridized carbons (Fsp3) is 0.300. The maximum absolute atomic E-state index is 5.61. The lowest BCUT2D eigenvalue weighted by atomic mass is 10.4. The van der Waals surface area contributed by atoms with Gasteiger partial charge in [-0.25, -0.2) is 10.8 Å². The zero-order valence-corrected chi connectivity index (χ0v) is 10.3. The first-order chi connectivity index (χ1) is 8.60. The van der Waals surface area contributed by atoms with E-state index in [1.165, 1.54) is 0 Å². The van der Waals surface area contributed by atoms with Gasteiger partial charge in [0.15, 0.2) is 0 Å². The van der Waals surface area contributed by atoms with Crippen molar-refractivity contribution in [2.24, 2.45) is 12.9 Å². The lowest BCUT2D eigenvalue weighted by Gasteiger charge is -2.18. The van der Waals surface area contributed by atoms with Crippen LogP contribution in [0, 0.1) is 0 Å². The topological polar surface area (TPSA) is 111 Å². The zero-order valence-electron chi connectivity index (χ0n) is 10.3. The summed E-state index contributed by atoms with van der Waals surface area (Å²) in [6, 6.07) is 1.72. The number of anilines is 3. The molecule has 18 heavy (non-hydrogen) atoms. The normalized spacial score (nSPS) is 10.4. The summed E-state index contributed by atoms with van der Waals surface area (Å²) < 4.78 is 1.95. The Morgan fingerprint density at radius 3 is 2.83 bits per heavy atom. The molecule has 2 heterocycles. The van der Waals surface area contributed by atoms with E-state index in [1.807, 2.05) is 29.8 Å². The molecule has 8 heteroatoms. The quantitative estimate of drug-likeness (QED) is 0.503. The van der Waals surface area contributed by atoms with Gasteiger partial charge in [-0.1, -0.05) is 0 Å². The smallest absolute Gasteiger partial charge is 0.223 e. The van der Waals surface area contributed by atoms with Gasteiger partial charge in [0, 0.05) is 32.6 Å². The molecule has 0 saturated heterocycles. The van der Waals surface area contributed by atoms with E-state index in [1.54, 1.807) is 12.3 Å². The molecule has 0 fully saturated rings. The van der Waals surface area contributed by atoms with Crippen LogP contribution in [0.25, 0.3) is 0 Å². The number of nitrogens with zero attached hydrogens (tertiary/aromatic N) is 5. The number of nitrogens with two attached hydrogens (primary N) is 2. The molecule has 5 N–H and O–H groups in total. The first-order valence-corrected chi connectivity index (χ1v) is 5.38. The van der Waals surface area contributed by atoms with Crippen LogP contribution in [-0.2, 0) is 13.6 Å². The Balaban J connectivity index is 2.20. The van der Waals surface area contributed by atoms with E-state index in [0.717, 1.165) is 5.82 Å². The van der Waals surface area contributed by atoms with Crippen LogP contribution in [0.15, 0.2) is 18.5 Å². The van der Waals surface area contributed by atoms with Crippen molar-refractivity contribution in [3.8, 4) is 0 Å². The summed E-state index contributed by atoms with van der Waals surface area (Å²) in [6.45, 7) is 0.615. The van der Waals surface area contributed by atoms with E-state index in [9.17, 15) is 0 Å². The van der Waals surface area contributed by atoms with Crippen molar-refractivity contribution in [1.82, 2.24) is 19.5 Å². The van der Waals surface area contributed by atoms with Crippen LogP contribution in [0.1, 0.15) is 5.82 Å². The molecule has 0 aliphatic carbocycles. The number of nitrogens with one attached hydrogen (secondary N) is 1. The lowest BCUT2D eigenvalue weighted by Crippen LogP contribution is -2.21. The minimum Gasteiger partial charge on any atom is -0.368 e. The van der Waals surface area contributed by atoms with E-state index in [4.69, 9.17) is 11.6 Å². The molecule has 0 spiro atoms. The number of imidazole rings is 1. The standard InChI is InChI=1S/C10H16N8/c1-17-4-3-13-9(17)6-18(2)8-5-7(16-12)14-10(11)15-8/h3-5H,6,12H2,1-2H3,(H3,11,14,15,16). The van der Waals surface area contributed by atoms with Crippen molar-refractivity contribution in [2.45, 2.75) is 6.54 Å². The fourth-order valence-corrected chi connectivity index (χ4v) is 1.56. The second-order valence-corrected chi connectivity index (χ2v) is 3.92. The summed E-state index contributed by atoms with van der Waals surface area (Å²) in [5, 5.41) is 0. The second-order valence-electron chi connectivity index (χ2n) is 3.92. The maximum atomic E-state index is 5.61. The highest BCUT2D eigenvalue weighted by molar-refractivity contribution is 5.51. The molecule has 0 aromatic carbocycles. The third-order valence-corrected chi connectivity index (χ3v) is 2.57. The van der Waals surface area contributed by atoms with E-state index >= 15 is 0 Å². The predicted octanol–water partition coefficient (Wildman–Crippen LogP) is -0.286. The Bertz CT molecular complexity index is 534. The molecule has 0 unspecified atom stereocenters. The number of aryl methyl sites for hydroxylation is 1. The van der Waals surface area contributed by atoms with Gasteiger partial charge in [-0.15, -0.1) is 0 Å². The van der Waals surface area contributed by atoms with Crippen LogP contribution in [0.2, 0.25) is 0 Å². The Morgan fingerprint density at radius 1 is 1.44 bits per heavy atom. The van der Waals surface area contributed by atoms with Crippen molar-refractivity contribution >= 4 is 17.6 Å². The molecular formula is C10H16N8. The molecule has 8 nitrogen and oxygen atoms in total. The second kappa shape index (κ2) is 4.88. The molecule has 0 aliphatic heterocycles. The number of hydrogen-bond donors (Lipinski definition) is 3. The molecule has 0 bridgehead atoms. The van der Waals surface area contributed by atoms with Gasteiger partial charge in [-0.3, -0.25) is 0 Å². The predicted molar refractivity (Wildman–Crippen MR) is 69.6 cm³/mol. The van der Waals surface area contributed by atoms with E-state index in [2.05, 4.69) is 20.4 Å². The zero-order chi connectivity index (χ0) is 13.1. The van der Waals surface area contributed by atoms with Gasteiger partial charge in [0.25, 0.3) is 0 Å². The van der Waals surface area contributed by atoms with Crippen LogP contribution >= 0.6 is 0 Å². The molecule has 0 atom stereocenters. The first kappa shape index (κ1) is 12.1. The number of hydrazine groups is 1. The average Bonchev–Trinajstić information content (AvgIpc) is 2.74. The first-order valence-electron chi connectivity index (χ1n) is 5.38. The molecule has 0 aliphatic rings. The molecular weight excluding hydrogens is 232 g/mol. The number of aromatic nitrogens is 4. The van der Waals surface area contributed by atoms with Gasteiger partial charge in [0.2, 0.25) is 5.95 Å². The third kappa shape index (κ3) is 2.48. The monoisotopic (exact) mass is 248 g/mol. The van der Waals surface area contributed by atoms with Crippen molar-refractivity contribution in [3.05, 3.63) is 24.3 Å². The summed E-state index contributed by atoms with van der Waals surface area (Å²) in [7, 11) is 3.84. The van der Waals surface area contributed by atoms with E-state index in [0.29, 0.717) is 18.2 Å². The molecule has 96 valence electrons. The largest absolute Gasteiger partial charge is 0.368 e. The number of rotatable bonds is 4. The summed E-state index contributed by atoms with van der Waals surface area (Å²) >= 11 is 0. The molecule has 2 aromatic heterocycles. The van der Waals surface area contributed by atoms with Crippen molar-refractivity contribution in [2.75, 3.05) is 23.1 Å². The highest BCUT2D eigenvalue weighted by Crippen LogP contribution is 2.16. The van der Waals surface area contributed by atoms with Gasteiger partial charge in [0.1, 0.15) is 17.5 Å². The van der Waals surface area contributed by atoms with Gasteiger partial charge in [-0.05, 0) is 0 Å². The van der Waals surface area contributed by atoms with Crippen LogP contribution in [0.3, 0.4) is 0 Å². The number of nitrogen functional groups attached to an aromatic ring is 2. The average molecular weight is 248 g/mol. The van der Waals surface area contributed by atoms with Crippen LogP contribution < -0.4 is 21.9 Å². The Hall–Kier alpha value is -2.35. The Morgan fingerprint density at radius 2 is 2.22 bits per heavy atom. The van der Waals surface area contributed by atoms with Crippen molar-refractivity contribution < 1.29 is 0 Å². The molecule has 0 saturated carbocycles. The van der Waals surface area contributed by atoms with Crippen molar-refractivity contribution in [1.29, 1.82) is 0 Å². The summed E-state index contributed by atoms with van der Waals surface area (Å²) in [4.78, 5) is 14.3. The van der Waals surface area contributed by atoms with E-state index in [-0.39, 0.29) is 5.95 Å². The Labute approximate surface area is 105 Å². The van der Waals surface area contributed by atoms with Crippen LogP contribution in [-0.4, -0.2) is 26.6 Å². The highest BCUT2D eigenvalue weighted by Gasteiger charge is 2.09. The van der Waals surface area contributed by atoms with Crippen molar-refractivity contribution in [3.63, 3.8) is 0 Å². The molecule has 2 aromatic rings. The SMILES string of the molecule is CN(Cc1nccn1C)c1cc(NN)nc(N)n1. The Kier molecular flexibility index (Phi) is 3.28. The maximum Gasteiger partial charge on any atom is 0.223 e. The lowest BCUT2D eigenvalue weighted by molar-refractivity contribution is 0.755. The minimum absolute atomic E-state index is 0.173. The minimum atomic E-state index is 0.173. The summed E-state index contributed by atoms with van der Waals surface area (Å²) in [5.41, 5.74) is 8.07.